The van der Waals surface area contributed by atoms with Crippen molar-refractivity contribution in [3.05, 3.63) is 11.2 Å². The molecule has 0 atom stereocenters. The summed E-state index contributed by atoms with van der Waals surface area (Å²) in [4.78, 5) is 25.6. The first-order chi connectivity index (χ1) is 5.77. The summed E-state index contributed by atoms with van der Waals surface area (Å²) < 4.78 is 0. The molecule has 0 N–H and O–H groups in total. The molecule has 1 aliphatic heterocycles. The Hall–Kier alpha value is -1.32. The lowest BCUT2D eigenvalue weighted by Crippen LogP contribution is -2.30. The standard InChI is InChI=1S/C8H8N2O2/c11-7-5-3-1-2-4-6(5)9-8(12)10-7/h1-4H2. The number of carbonyl (C=O) groups is 2. The van der Waals surface area contributed by atoms with E-state index in [9.17, 15) is 9.59 Å². The molecule has 2 rings (SSSR count). The van der Waals surface area contributed by atoms with E-state index in [1.807, 2.05) is 0 Å². The highest BCUT2D eigenvalue weighted by molar-refractivity contribution is 6.34. The number of rotatable bonds is 0. The van der Waals surface area contributed by atoms with Crippen LogP contribution in [0, 0.1) is 5.92 Å². The number of urea groups is 1. The Labute approximate surface area is 70.1 Å². The summed E-state index contributed by atoms with van der Waals surface area (Å²) in [7, 11) is 0. The molecule has 1 aliphatic carbocycles. The van der Waals surface area contributed by atoms with Gasteiger partial charge in [-0.3, -0.25) is 4.79 Å². The van der Waals surface area contributed by atoms with Crippen LogP contribution >= 0.6 is 0 Å². The normalized spacial score (nSPS) is 23.0. The third-order valence-corrected chi connectivity index (χ3v) is 2.12. The average molecular weight is 164 g/mol. The zero-order chi connectivity index (χ0) is 8.55. The molecule has 0 aromatic rings. The van der Waals surface area contributed by atoms with Crippen LogP contribution in [0.25, 0.3) is 5.32 Å². The molecule has 0 spiro atoms. The molecule has 4 nitrogen and oxygen atoms in total. The maximum absolute atomic E-state index is 11.1. The molecule has 1 saturated carbocycles. The number of fused-ring (bicyclic) bond motifs is 1. The second kappa shape index (κ2) is 2.62. The molecule has 62 valence electrons. The minimum absolute atomic E-state index is 0.371. The Morgan fingerprint density at radius 3 is 3.00 bits per heavy atom. The molecule has 0 radical (unpaired) electrons. The Kier molecular flexibility index (Phi) is 1.60. The zero-order valence-corrected chi connectivity index (χ0v) is 6.54. The van der Waals surface area contributed by atoms with Crippen LogP contribution < -0.4 is 0 Å². The van der Waals surface area contributed by atoms with Gasteiger partial charge in [0.15, 0.2) is 11.9 Å². The van der Waals surface area contributed by atoms with Gasteiger partial charge in [0.05, 0.1) is 0 Å². The summed E-state index contributed by atoms with van der Waals surface area (Å²) >= 11 is 0. The van der Waals surface area contributed by atoms with E-state index in [1.54, 1.807) is 0 Å². The number of hydrogen-bond donors (Lipinski definition) is 0. The van der Waals surface area contributed by atoms with Crippen LogP contribution in [0.2, 0.25) is 0 Å². The Bertz CT molecular complexity index is 270. The predicted molar refractivity (Wildman–Crippen MR) is 42.9 cm³/mol. The van der Waals surface area contributed by atoms with Crippen molar-refractivity contribution >= 4 is 17.6 Å². The largest absolute Gasteiger partial charge is 0.365 e. The highest BCUT2D eigenvalue weighted by atomic mass is 16.2. The maximum Gasteiger partial charge on any atom is 0.341 e. The van der Waals surface area contributed by atoms with Crippen molar-refractivity contribution in [3.63, 3.8) is 0 Å². The molecular weight excluding hydrogens is 156 g/mol. The first-order valence-electron chi connectivity index (χ1n) is 4.01. The van der Waals surface area contributed by atoms with Crippen molar-refractivity contribution in [1.82, 2.24) is 0 Å². The molecule has 3 amide bonds. The molecule has 0 bridgehead atoms. The second-order valence-corrected chi connectivity index (χ2v) is 2.94. The lowest BCUT2D eigenvalue weighted by molar-refractivity contribution is -0.113. The first-order valence-corrected chi connectivity index (χ1v) is 4.01. The van der Waals surface area contributed by atoms with Crippen molar-refractivity contribution < 1.29 is 9.59 Å². The molecule has 0 aromatic carbocycles. The van der Waals surface area contributed by atoms with Crippen molar-refractivity contribution in [2.75, 3.05) is 0 Å². The Morgan fingerprint density at radius 2 is 2.17 bits per heavy atom. The fourth-order valence-electron chi connectivity index (χ4n) is 1.54. The van der Waals surface area contributed by atoms with E-state index in [2.05, 4.69) is 10.3 Å². The summed E-state index contributed by atoms with van der Waals surface area (Å²) in [6.07, 6.45) is 3.50. The summed E-state index contributed by atoms with van der Waals surface area (Å²) in [6, 6.07) is -0.638. The SMILES string of the molecule is O=C1N=C2CCCC[C+]2C(=O)[N-]1. The van der Waals surface area contributed by atoms with E-state index in [-0.39, 0.29) is 5.91 Å². The molecule has 0 unspecified atom stereocenters. The van der Waals surface area contributed by atoms with Crippen molar-refractivity contribution in [2.24, 2.45) is 4.99 Å². The monoisotopic (exact) mass is 164 g/mol. The van der Waals surface area contributed by atoms with Gasteiger partial charge in [-0.2, -0.15) is 0 Å². The summed E-state index contributed by atoms with van der Waals surface area (Å²) in [5.74, 6) is 0.283. The third-order valence-electron chi connectivity index (χ3n) is 2.12. The van der Waals surface area contributed by atoms with Crippen LogP contribution in [0.5, 0.6) is 0 Å². The van der Waals surface area contributed by atoms with Gasteiger partial charge in [-0.25, -0.2) is 4.79 Å². The fourth-order valence-corrected chi connectivity index (χ4v) is 1.54. The molecule has 0 aromatic heterocycles. The molecular formula is C8H8N2O2. The van der Waals surface area contributed by atoms with Crippen LogP contribution in [0.15, 0.2) is 4.99 Å². The highest BCUT2D eigenvalue weighted by Crippen LogP contribution is 2.29. The first kappa shape index (κ1) is 7.34. The minimum Gasteiger partial charge on any atom is -0.365 e. The quantitative estimate of drug-likeness (QED) is 0.510. The van der Waals surface area contributed by atoms with Crippen molar-refractivity contribution in [1.29, 1.82) is 0 Å². The van der Waals surface area contributed by atoms with Crippen LogP contribution in [-0.2, 0) is 4.79 Å². The van der Waals surface area contributed by atoms with Gasteiger partial charge in [-0.1, -0.05) is 0 Å². The lowest BCUT2D eigenvalue weighted by atomic mass is 9.86. The number of hydrogen-bond acceptors (Lipinski definition) is 2. The molecule has 0 saturated heterocycles. The van der Waals surface area contributed by atoms with Crippen LogP contribution in [0.3, 0.4) is 0 Å². The van der Waals surface area contributed by atoms with E-state index in [4.69, 9.17) is 0 Å². The molecule has 12 heavy (non-hydrogen) atoms. The van der Waals surface area contributed by atoms with Crippen LogP contribution in [-0.4, -0.2) is 17.6 Å². The number of amides is 3. The Morgan fingerprint density at radius 1 is 1.33 bits per heavy atom. The molecule has 2 aliphatic rings. The van der Waals surface area contributed by atoms with Crippen LogP contribution in [0.4, 0.5) is 4.79 Å². The van der Waals surface area contributed by atoms with E-state index < -0.39 is 6.03 Å². The lowest BCUT2D eigenvalue weighted by Gasteiger charge is -2.22. The maximum atomic E-state index is 11.1. The zero-order valence-electron chi connectivity index (χ0n) is 6.54. The fraction of sp³-hybridized carbons (Fsp3) is 0.500. The second-order valence-electron chi connectivity index (χ2n) is 2.94. The van der Waals surface area contributed by atoms with Crippen LogP contribution in [0.1, 0.15) is 25.7 Å². The average Bonchev–Trinajstić information content (AvgIpc) is 2.04. The number of carbonyl (C=O) groups excluding carboxylic acids is 2. The van der Waals surface area contributed by atoms with Gasteiger partial charge in [0.25, 0.3) is 0 Å². The topological polar surface area (TPSA) is 60.6 Å². The molecule has 4 heteroatoms. The van der Waals surface area contributed by atoms with E-state index in [0.717, 1.165) is 25.7 Å². The van der Waals surface area contributed by atoms with E-state index >= 15 is 0 Å². The van der Waals surface area contributed by atoms with Gasteiger partial charge < -0.3 is 10.3 Å². The summed E-state index contributed by atoms with van der Waals surface area (Å²) in [5.41, 5.74) is 0.672. The van der Waals surface area contributed by atoms with E-state index in [0.29, 0.717) is 11.6 Å². The van der Waals surface area contributed by atoms with Crippen molar-refractivity contribution in [2.45, 2.75) is 25.7 Å². The summed E-state index contributed by atoms with van der Waals surface area (Å²) in [6.45, 7) is 0. The summed E-state index contributed by atoms with van der Waals surface area (Å²) in [5, 5.41) is 3.26. The van der Waals surface area contributed by atoms with E-state index in [1.165, 1.54) is 0 Å². The number of imide groups is 1. The van der Waals surface area contributed by atoms with Gasteiger partial charge >= 0.3 is 5.91 Å². The smallest absolute Gasteiger partial charge is 0.341 e. The third kappa shape index (κ3) is 1.09. The highest BCUT2D eigenvalue weighted by Gasteiger charge is 2.37. The van der Waals surface area contributed by atoms with Gasteiger partial charge in [0.1, 0.15) is 12.1 Å². The Balaban J connectivity index is 2.28. The minimum atomic E-state index is -0.638. The van der Waals surface area contributed by atoms with Gasteiger partial charge in [-0.05, 0) is 12.8 Å². The van der Waals surface area contributed by atoms with Gasteiger partial charge in [0, 0.05) is 6.42 Å². The van der Waals surface area contributed by atoms with Gasteiger partial charge in [-0.15, -0.1) is 0 Å². The predicted octanol–water partition coefficient (Wildman–Crippen LogP) is 1.61. The number of aliphatic imine (C=N–C) groups is 1. The van der Waals surface area contributed by atoms with Gasteiger partial charge in [0.2, 0.25) is 0 Å². The molecule has 1 fully saturated rings. The molecule has 1 heterocycles. The van der Waals surface area contributed by atoms with Crippen molar-refractivity contribution in [3.8, 4) is 0 Å². The number of nitrogens with zero attached hydrogens (tertiary/aromatic N) is 2.